The Balaban J connectivity index is 0.000000261. The number of amides is 7. The van der Waals surface area contributed by atoms with Crippen LogP contribution in [0.15, 0.2) is 182 Å². The Bertz CT molecular complexity index is 4770. The molecule has 0 unspecified atom stereocenters. The van der Waals surface area contributed by atoms with Crippen LogP contribution in [-0.4, -0.2) is 62.2 Å². The largest absolute Gasteiger partial charge is 0.497 e. The highest BCUT2D eigenvalue weighted by molar-refractivity contribution is 6.06. The van der Waals surface area contributed by atoms with E-state index < -0.39 is 11.9 Å². The standard InChI is InChI=1S/C32H41N3O3.C30H37N3O4.C30H39N3O2.C4H6O3/c1-20(2)25-11-13-26(14-12-25)35(19-24-9-15-27(38-8)16-10-24)32(37)34-31-28(21(3)4)17-18-29(33-23(7)36)30(31)22(5)6;1-19(2)23-10-12-24(13-11-23)32(18-22-8-14-25(37-7)15-9-22)30(34)31-29-26(20(3)4)16-17-27(33(35)36)28(29)21(5)6;1-19(2)23-10-12-24(13-11-23)33(18-22-8-14-25(35-7)15-9-22)30(34)32-29-26(20(3)4)16-17-27(31)28(29)21(5)6;1-3(5)7-4(2)6/h9-18,20-22H,19H2,1-8H3,(H,33,36)(H,34,37);8-17,19-21H,18H2,1-7H3,(H,31,34);8-17,19-21H,18,31H2,1-7H3,(H,32,34);1-2H3. The molecule has 0 saturated heterocycles. The molecule has 0 atom stereocenters. The highest BCUT2D eigenvalue weighted by atomic mass is 16.6. The first kappa shape index (κ1) is 93.9. The predicted octanol–water partition coefficient (Wildman–Crippen LogP) is 24.5. The van der Waals surface area contributed by atoms with E-state index in [4.69, 9.17) is 19.9 Å². The molecule has 0 bridgehead atoms. The third kappa shape index (κ3) is 26.8. The summed E-state index contributed by atoms with van der Waals surface area (Å²) in [5.74, 6) is 2.77. The van der Waals surface area contributed by atoms with E-state index in [1.54, 1.807) is 48.2 Å². The fourth-order valence-corrected chi connectivity index (χ4v) is 13.5. The Morgan fingerprint density at radius 2 is 0.632 bits per heavy atom. The molecule has 117 heavy (non-hydrogen) atoms. The molecule has 624 valence electrons. The van der Waals surface area contributed by atoms with Gasteiger partial charge < -0.3 is 45.9 Å². The number of hydrogen-bond donors (Lipinski definition) is 5. The zero-order valence-corrected chi connectivity index (χ0v) is 72.9. The van der Waals surface area contributed by atoms with Crippen molar-refractivity contribution in [2.45, 2.75) is 218 Å². The number of esters is 2. The van der Waals surface area contributed by atoms with Gasteiger partial charge in [-0.25, -0.2) is 14.4 Å². The van der Waals surface area contributed by atoms with Gasteiger partial charge in [0.1, 0.15) is 17.2 Å². The van der Waals surface area contributed by atoms with Gasteiger partial charge in [-0.2, -0.15) is 0 Å². The number of ether oxygens (including phenoxy) is 4. The lowest BCUT2D eigenvalue weighted by Gasteiger charge is -2.28. The molecule has 9 aromatic rings. The van der Waals surface area contributed by atoms with E-state index in [1.165, 1.54) is 37.5 Å². The minimum absolute atomic E-state index is 0.0118. The van der Waals surface area contributed by atoms with Gasteiger partial charge in [-0.05, 0) is 194 Å². The van der Waals surface area contributed by atoms with Crippen LogP contribution in [0.5, 0.6) is 17.2 Å². The predicted molar refractivity (Wildman–Crippen MR) is 478 cm³/mol. The average molecular weight is 1600 g/mol. The second kappa shape index (κ2) is 44.2. The van der Waals surface area contributed by atoms with Gasteiger partial charge in [-0.3, -0.25) is 39.2 Å². The molecular formula is C96H123N9O12. The maximum absolute atomic E-state index is 14.0. The summed E-state index contributed by atoms with van der Waals surface area (Å²) >= 11 is 0. The van der Waals surface area contributed by atoms with Crippen LogP contribution in [0, 0.1) is 10.1 Å². The van der Waals surface area contributed by atoms with Gasteiger partial charge in [0.25, 0.3) is 5.69 Å². The van der Waals surface area contributed by atoms with E-state index in [0.29, 0.717) is 54.3 Å². The summed E-state index contributed by atoms with van der Waals surface area (Å²) < 4.78 is 19.9. The Morgan fingerprint density at radius 1 is 0.350 bits per heavy atom. The molecule has 0 saturated carbocycles. The summed E-state index contributed by atoms with van der Waals surface area (Å²) in [6.45, 7) is 42.5. The number of nitro groups is 1. The van der Waals surface area contributed by atoms with Crippen molar-refractivity contribution in [2.75, 3.05) is 63.0 Å². The Morgan fingerprint density at radius 3 is 0.880 bits per heavy atom. The zero-order valence-electron chi connectivity index (χ0n) is 72.9. The Hall–Kier alpha value is -12.0. The maximum Gasteiger partial charge on any atom is 0.326 e. The molecule has 6 N–H and O–H groups in total. The molecule has 9 aromatic carbocycles. The SMILES string of the molecule is CC(=O)OC(C)=O.COc1ccc(CN(C(=O)Nc2c(C(C)C)ccc(N)c2C(C)C)c2ccc(C(C)C)cc2)cc1.COc1ccc(CN(C(=O)Nc2c(C(C)C)ccc(NC(C)=O)c2C(C)C)c2ccc(C(C)C)cc2)cc1.COc1ccc(CN(C(=O)Nc2c(C(C)C)ccc([N+](=O)[O-])c2C(C)C)c2ccc(C(C)C)cc2)cc1. The number of nitrogens with one attached hydrogen (secondary N) is 4. The summed E-state index contributed by atoms with van der Waals surface area (Å²) in [6.07, 6.45) is 0. The molecule has 0 heterocycles. The number of hydrogen-bond acceptors (Lipinski definition) is 13. The first-order valence-electron chi connectivity index (χ1n) is 40.1. The van der Waals surface area contributed by atoms with Crippen molar-refractivity contribution in [3.63, 3.8) is 0 Å². The lowest BCUT2D eigenvalue weighted by Crippen LogP contribution is -2.35. The van der Waals surface area contributed by atoms with Crippen LogP contribution in [-0.2, 0) is 38.8 Å². The lowest BCUT2D eigenvalue weighted by molar-refractivity contribution is -0.385. The van der Waals surface area contributed by atoms with Gasteiger partial charge in [0, 0.05) is 66.4 Å². The number of urea groups is 3. The van der Waals surface area contributed by atoms with Crippen molar-refractivity contribution in [1.82, 2.24) is 0 Å². The maximum atomic E-state index is 14.0. The van der Waals surface area contributed by atoms with E-state index in [1.807, 2.05) is 173 Å². The molecule has 21 heteroatoms. The van der Waals surface area contributed by atoms with E-state index in [9.17, 15) is 38.9 Å². The molecular weight excluding hydrogens is 1470 g/mol. The van der Waals surface area contributed by atoms with Crippen molar-refractivity contribution in [1.29, 1.82) is 0 Å². The van der Waals surface area contributed by atoms with Crippen LogP contribution in [0.25, 0.3) is 0 Å². The quantitative estimate of drug-likeness (QED) is 0.0111. The molecule has 0 aliphatic heterocycles. The second-order valence-corrected chi connectivity index (χ2v) is 31.8. The van der Waals surface area contributed by atoms with E-state index >= 15 is 0 Å². The van der Waals surface area contributed by atoms with Gasteiger partial charge >= 0.3 is 30.0 Å². The first-order chi connectivity index (χ1) is 55.3. The minimum Gasteiger partial charge on any atom is -0.497 e. The molecule has 7 amide bonds. The summed E-state index contributed by atoms with van der Waals surface area (Å²) in [7, 11) is 4.90. The molecule has 0 aromatic heterocycles. The molecule has 21 nitrogen and oxygen atoms in total. The van der Waals surface area contributed by atoms with Crippen molar-refractivity contribution in [3.05, 3.63) is 259 Å². The van der Waals surface area contributed by atoms with Crippen LogP contribution < -0.4 is 55.9 Å². The van der Waals surface area contributed by atoms with Crippen molar-refractivity contribution >= 4 is 87.1 Å². The molecule has 0 spiro atoms. The second-order valence-electron chi connectivity index (χ2n) is 31.8. The average Bonchev–Trinajstić information content (AvgIpc) is 0.788. The number of benzene rings is 9. The van der Waals surface area contributed by atoms with Crippen LogP contribution >= 0.6 is 0 Å². The van der Waals surface area contributed by atoms with E-state index in [0.717, 1.165) is 95.9 Å². The lowest BCUT2D eigenvalue weighted by atomic mass is 9.91. The highest BCUT2D eigenvalue weighted by Gasteiger charge is 2.30. The number of anilines is 8. The van der Waals surface area contributed by atoms with Crippen molar-refractivity contribution < 1.29 is 52.6 Å². The molecule has 0 fully saturated rings. The van der Waals surface area contributed by atoms with E-state index in [2.05, 4.69) is 147 Å². The topological polar surface area (TPSA) is 266 Å². The van der Waals surface area contributed by atoms with Crippen LogP contribution in [0.4, 0.5) is 65.6 Å². The molecule has 0 radical (unpaired) electrons. The van der Waals surface area contributed by atoms with Gasteiger partial charge in [0.05, 0.1) is 68.5 Å². The van der Waals surface area contributed by atoms with Crippen molar-refractivity contribution in [2.24, 2.45) is 0 Å². The fourth-order valence-electron chi connectivity index (χ4n) is 13.5. The molecule has 9 rings (SSSR count). The number of carbonyl (C=O) groups excluding carboxylic acids is 6. The fraction of sp³-hybridized carbons (Fsp3) is 0.375. The number of rotatable bonds is 26. The highest BCUT2D eigenvalue weighted by Crippen LogP contribution is 2.43. The summed E-state index contributed by atoms with van der Waals surface area (Å²) in [4.78, 5) is 90.1. The van der Waals surface area contributed by atoms with Crippen LogP contribution in [0.1, 0.15) is 265 Å². The van der Waals surface area contributed by atoms with Gasteiger partial charge in [-0.15, -0.1) is 0 Å². The normalized spacial score (nSPS) is 11.0. The monoisotopic (exact) mass is 1590 g/mol. The third-order valence-electron chi connectivity index (χ3n) is 19.8. The van der Waals surface area contributed by atoms with E-state index in [-0.39, 0.29) is 70.1 Å². The first-order valence-corrected chi connectivity index (χ1v) is 40.1. The van der Waals surface area contributed by atoms with Crippen LogP contribution in [0.3, 0.4) is 0 Å². The zero-order chi connectivity index (χ0) is 86.8. The Labute approximate surface area is 693 Å². The third-order valence-corrected chi connectivity index (χ3v) is 19.8. The van der Waals surface area contributed by atoms with Crippen LogP contribution in [0.2, 0.25) is 0 Å². The van der Waals surface area contributed by atoms with Gasteiger partial charge in [0.2, 0.25) is 5.91 Å². The number of nitro benzene ring substituents is 1. The summed E-state index contributed by atoms with van der Waals surface area (Å²) in [5, 5.41) is 24.4. The molecule has 0 aliphatic rings. The van der Waals surface area contributed by atoms with Gasteiger partial charge in [-0.1, -0.05) is 210 Å². The summed E-state index contributed by atoms with van der Waals surface area (Å²) in [5.41, 5.74) is 24.2. The molecule has 0 aliphatic carbocycles. The minimum atomic E-state index is -0.562. The van der Waals surface area contributed by atoms with Crippen molar-refractivity contribution in [3.8, 4) is 17.2 Å². The number of carbonyl (C=O) groups is 6. The number of nitrogens with zero attached hydrogens (tertiary/aromatic N) is 4. The number of nitrogens with two attached hydrogens (primary N) is 1. The smallest absolute Gasteiger partial charge is 0.326 e. The van der Waals surface area contributed by atoms with Gasteiger partial charge in [0.15, 0.2) is 0 Å². The number of nitrogen functional groups attached to an aromatic ring is 1. The Kier molecular flexibility index (Phi) is 35.5. The number of methoxy groups -OCH3 is 3. The summed E-state index contributed by atoms with van der Waals surface area (Å²) in [6, 6.07) is 57.8.